The van der Waals surface area contributed by atoms with E-state index in [1.807, 2.05) is 0 Å². The van der Waals surface area contributed by atoms with Crippen LogP contribution >= 0.6 is 27.5 Å². The molecule has 1 aromatic heterocycles. The van der Waals surface area contributed by atoms with Crippen LogP contribution in [0.2, 0.25) is 5.02 Å². The van der Waals surface area contributed by atoms with Crippen LogP contribution in [-0.4, -0.2) is 17.6 Å². The SMILES string of the molecule is CCOC(=O)c1nc(C(F)F)c(CBr)cc1Cl. The van der Waals surface area contributed by atoms with Gasteiger partial charge in [-0.05, 0) is 18.6 Å². The van der Waals surface area contributed by atoms with Crippen molar-refractivity contribution in [1.82, 2.24) is 4.98 Å². The van der Waals surface area contributed by atoms with Crippen LogP contribution in [0.25, 0.3) is 0 Å². The molecule has 0 radical (unpaired) electrons. The Balaban J connectivity index is 3.24. The predicted octanol–water partition coefficient (Wildman–Crippen LogP) is 3.74. The Morgan fingerprint density at radius 3 is 2.76 bits per heavy atom. The normalized spacial score (nSPS) is 10.7. The molecule has 17 heavy (non-hydrogen) atoms. The molecule has 0 unspecified atom stereocenters. The van der Waals surface area contributed by atoms with Crippen molar-refractivity contribution in [2.24, 2.45) is 0 Å². The van der Waals surface area contributed by atoms with Gasteiger partial charge in [-0.25, -0.2) is 18.6 Å². The van der Waals surface area contributed by atoms with E-state index >= 15 is 0 Å². The van der Waals surface area contributed by atoms with Crippen molar-refractivity contribution in [2.45, 2.75) is 18.7 Å². The number of esters is 1. The molecule has 0 amide bonds. The van der Waals surface area contributed by atoms with Gasteiger partial charge < -0.3 is 4.74 Å². The molecule has 0 saturated carbocycles. The molecule has 1 aromatic rings. The Morgan fingerprint density at radius 1 is 1.65 bits per heavy atom. The van der Waals surface area contributed by atoms with Gasteiger partial charge in [0.2, 0.25) is 0 Å². The fraction of sp³-hybridized carbons (Fsp3) is 0.400. The molecule has 94 valence electrons. The zero-order chi connectivity index (χ0) is 13.0. The van der Waals surface area contributed by atoms with E-state index in [1.165, 1.54) is 6.07 Å². The zero-order valence-electron chi connectivity index (χ0n) is 8.84. The van der Waals surface area contributed by atoms with E-state index in [9.17, 15) is 13.6 Å². The highest BCUT2D eigenvalue weighted by Gasteiger charge is 2.21. The third-order valence-electron chi connectivity index (χ3n) is 1.91. The molecule has 7 heteroatoms. The Hall–Kier alpha value is -0.750. The maximum Gasteiger partial charge on any atom is 0.358 e. The van der Waals surface area contributed by atoms with Gasteiger partial charge in [-0.3, -0.25) is 0 Å². The second kappa shape index (κ2) is 6.26. The summed E-state index contributed by atoms with van der Waals surface area (Å²) in [5.41, 5.74) is -0.499. The molecule has 0 aliphatic carbocycles. The smallest absolute Gasteiger partial charge is 0.358 e. The first kappa shape index (κ1) is 14.3. The lowest BCUT2D eigenvalue weighted by atomic mass is 10.2. The molecule has 0 aliphatic rings. The van der Waals surface area contributed by atoms with Crippen molar-refractivity contribution in [2.75, 3.05) is 6.61 Å². The number of pyridine rings is 1. The minimum Gasteiger partial charge on any atom is -0.461 e. The maximum atomic E-state index is 12.7. The average Bonchev–Trinajstić information content (AvgIpc) is 2.28. The van der Waals surface area contributed by atoms with Gasteiger partial charge in [0.25, 0.3) is 6.43 Å². The highest BCUT2D eigenvalue weighted by Crippen LogP contribution is 2.27. The van der Waals surface area contributed by atoms with E-state index in [1.54, 1.807) is 6.92 Å². The minimum absolute atomic E-state index is 0.00213. The number of ether oxygens (including phenoxy) is 1. The molecule has 0 saturated heterocycles. The van der Waals surface area contributed by atoms with E-state index in [2.05, 4.69) is 25.7 Å². The summed E-state index contributed by atoms with van der Waals surface area (Å²) in [6.45, 7) is 1.73. The lowest BCUT2D eigenvalue weighted by Gasteiger charge is -2.09. The topological polar surface area (TPSA) is 39.2 Å². The molecule has 1 rings (SSSR count). The van der Waals surface area contributed by atoms with Gasteiger partial charge in [0.1, 0.15) is 5.69 Å². The monoisotopic (exact) mass is 327 g/mol. The zero-order valence-corrected chi connectivity index (χ0v) is 11.2. The number of aromatic nitrogens is 1. The third-order valence-corrected chi connectivity index (χ3v) is 2.80. The first-order chi connectivity index (χ1) is 8.01. The number of hydrogen-bond acceptors (Lipinski definition) is 3. The number of hydrogen-bond donors (Lipinski definition) is 0. The van der Waals surface area contributed by atoms with Crippen molar-refractivity contribution < 1.29 is 18.3 Å². The van der Waals surface area contributed by atoms with E-state index in [-0.39, 0.29) is 28.2 Å². The fourth-order valence-electron chi connectivity index (χ4n) is 1.18. The lowest BCUT2D eigenvalue weighted by molar-refractivity contribution is 0.0518. The van der Waals surface area contributed by atoms with Crippen LogP contribution in [0, 0.1) is 0 Å². The molecule has 0 atom stereocenters. The van der Waals surface area contributed by atoms with Gasteiger partial charge >= 0.3 is 5.97 Å². The van der Waals surface area contributed by atoms with Gasteiger partial charge in [-0.2, -0.15) is 0 Å². The van der Waals surface area contributed by atoms with Crippen molar-refractivity contribution in [3.05, 3.63) is 28.0 Å². The molecular formula is C10H9BrClF2NO2. The molecular weight excluding hydrogens is 319 g/mol. The molecule has 0 aliphatic heterocycles. The van der Waals surface area contributed by atoms with Crippen LogP contribution in [-0.2, 0) is 10.1 Å². The van der Waals surface area contributed by atoms with Crippen molar-refractivity contribution in [1.29, 1.82) is 0 Å². The molecule has 1 heterocycles. The molecule has 0 bridgehead atoms. The van der Waals surface area contributed by atoms with Gasteiger partial charge in [0.15, 0.2) is 5.69 Å². The summed E-state index contributed by atoms with van der Waals surface area (Å²) < 4.78 is 30.1. The standard InChI is InChI=1S/C10H9BrClF2NO2/c1-2-17-10(16)8-6(12)3-5(4-11)7(15-8)9(13)14/h3,9H,2,4H2,1H3. The molecule has 3 nitrogen and oxygen atoms in total. The number of carbonyl (C=O) groups is 1. The van der Waals surface area contributed by atoms with Gasteiger partial charge in [-0.1, -0.05) is 27.5 Å². The second-order valence-electron chi connectivity index (χ2n) is 3.02. The number of halogens is 4. The first-order valence-electron chi connectivity index (χ1n) is 4.71. The minimum atomic E-state index is -2.77. The largest absolute Gasteiger partial charge is 0.461 e. The van der Waals surface area contributed by atoms with Crippen LogP contribution in [0.1, 0.15) is 35.1 Å². The highest BCUT2D eigenvalue weighted by molar-refractivity contribution is 9.08. The Morgan fingerprint density at radius 2 is 2.29 bits per heavy atom. The summed E-state index contributed by atoms with van der Waals surface area (Å²) in [6.07, 6.45) is -2.77. The van der Waals surface area contributed by atoms with E-state index in [0.29, 0.717) is 0 Å². The van der Waals surface area contributed by atoms with Crippen LogP contribution in [0.5, 0.6) is 0 Å². The van der Waals surface area contributed by atoms with Gasteiger partial charge in [0.05, 0.1) is 11.6 Å². The molecule has 0 spiro atoms. The lowest BCUT2D eigenvalue weighted by Crippen LogP contribution is -2.11. The van der Waals surface area contributed by atoms with E-state index in [0.717, 1.165) is 0 Å². The maximum absolute atomic E-state index is 12.7. The Kier molecular flexibility index (Phi) is 5.27. The Labute approximate surface area is 110 Å². The van der Waals surface area contributed by atoms with E-state index < -0.39 is 18.1 Å². The van der Waals surface area contributed by atoms with Gasteiger partial charge in [-0.15, -0.1) is 0 Å². The number of alkyl halides is 3. The quantitative estimate of drug-likeness (QED) is 0.624. The van der Waals surface area contributed by atoms with Crippen molar-refractivity contribution in [3.8, 4) is 0 Å². The number of nitrogens with zero attached hydrogens (tertiary/aromatic N) is 1. The summed E-state index contributed by atoms with van der Waals surface area (Å²) in [5, 5.41) is 0.185. The van der Waals surface area contributed by atoms with Crippen LogP contribution in [0.4, 0.5) is 8.78 Å². The van der Waals surface area contributed by atoms with Crippen LogP contribution in [0.3, 0.4) is 0 Å². The Bertz CT molecular complexity index is 429. The molecule has 0 aromatic carbocycles. The molecule has 0 N–H and O–H groups in total. The summed E-state index contributed by atoms with van der Waals surface area (Å²) in [4.78, 5) is 15.0. The van der Waals surface area contributed by atoms with Crippen LogP contribution in [0.15, 0.2) is 6.07 Å². The molecule has 0 fully saturated rings. The fourth-order valence-corrected chi connectivity index (χ4v) is 1.88. The summed E-state index contributed by atoms with van der Waals surface area (Å²) in [6, 6.07) is 1.29. The summed E-state index contributed by atoms with van der Waals surface area (Å²) in [5.74, 6) is -0.805. The average molecular weight is 329 g/mol. The first-order valence-corrected chi connectivity index (χ1v) is 6.21. The summed E-state index contributed by atoms with van der Waals surface area (Å²) in [7, 11) is 0. The van der Waals surface area contributed by atoms with Crippen LogP contribution < -0.4 is 0 Å². The predicted molar refractivity (Wildman–Crippen MR) is 62.8 cm³/mol. The highest BCUT2D eigenvalue weighted by atomic mass is 79.9. The number of carbonyl (C=O) groups excluding carboxylic acids is 1. The number of rotatable bonds is 4. The summed E-state index contributed by atoms with van der Waals surface area (Å²) >= 11 is 8.84. The third kappa shape index (κ3) is 3.35. The van der Waals surface area contributed by atoms with Gasteiger partial charge in [0, 0.05) is 5.33 Å². The van der Waals surface area contributed by atoms with Crippen molar-refractivity contribution in [3.63, 3.8) is 0 Å². The van der Waals surface area contributed by atoms with E-state index in [4.69, 9.17) is 11.6 Å². The second-order valence-corrected chi connectivity index (χ2v) is 3.99. The van der Waals surface area contributed by atoms with Crippen molar-refractivity contribution >= 4 is 33.5 Å².